The molecule has 0 bridgehead atoms. The Bertz CT molecular complexity index is 613. The molecule has 0 aromatic carbocycles. The van der Waals surface area contributed by atoms with Gasteiger partial charge in [-0.05, 0) is 23.4 Å². The first-order valence-electron chi connectivity index (χ1n) is 5.66. The van der Waals surface area contributed by atoms with Crippen LogP contribution >= 0.6 is 34.5 Å². The molecule has 1 aliphatic rings. The Morgan fingerprint density at radius 1 is 1.63 bits per heavy atom. The van der Waals surface area contributed by atoms with E-state index in [0.717, 1.165) is 28.4 Å². The van der Waals surface area contributed by atoms with Crippen LogP contribution in [0, 0.1) is 0 Å². The predicted octanol–water partition coefficient (Wildman–Crippen LogP) is 2.44. The van der Waals surface area contributed by atoms with Crippen LogP contribution in [0.5, 0.6) is 0 Å². The molecule has 0 saturated heterocycles. The lowest BCUT2D eigenvalue weighted by atomic mass is 10.00. The molecule has 0 aliphatic carbocycles. The van der Waals surface area contributed by atoms with Crippen molar-refractivity contribution in [1.82, 2.24) is 14.5 Å². The van der Waals surface area contributed by atoms with Crippen LogP contribution in [0.2, 0.25) is 4.34 Å². The van der Waals surface area contributed by atoms with Crippen molar-refractivity contribution >= 4 is 40.4 Å². The smallest absolute Gasteiger partial charge is 0.325 e. The number of carboxylic acids is 1. The third-order valence-electron chi connectivity index (χ3n) is 3.16. The highest BCUT2D eigenvalue weighted by Crippen LogP contribution is 2.35. The van der Waals surface area contributed by atoms with Crippen molar-refractivity contribution in [2.75, 3.05) is 6.54 Å². The minimum atomic E-state index is -0.835. The van der Waals surface area contributed by atoms with E-state index >= 15 is 0 Å². The fraction of sp³-hybridized carbons (Fsp3) is 0.364. The lowest BCUT2D eigenvalue weighted by Crippen LogP contribution is -2.38. The maximum atomic E-state index is 11.5. The zero-order chi connectivity index (χ0) is 13.4. The molecule has 2 aromatic heterocycles. The summed E-state index contributed by atoms with van der Waals surface area (Å²) in [5.74, 6) is -0.835. The normalized spacial score (nSPS) is 19.3. The van der Waals surface area contributed by atoms with Crippen molar-refractivity contribution in [3.8, 4) is 0 Å². The van der Waals surface area contributed by atoms with E-state index in [9.17, 15) is 9.90 Å². The number of fused-ring (bicyclic) bond motifs is 1. The first-order chi connectivity index (χ1) is 9.16. The standard InChI is InChI=1S/C11H10ClN3O2S2/c12-10-7(13-14-19-10)5-15-3-1-8-6(2-4-18-8)9(15)11(16)17/h2,4,9H,1,3,5H2,(H,16,17). The summed E-state index contributed by atoms with van der Waals surface area (Å²) in [5, 5.41) is 15.4. The Balaban J connectivity index is 1.90. The minimum Gasteiger partial charge on any atom is -0.480 e. The molecule has 0 fully saturated rings. The third kappa shape index (κ3) is 2.38. The molecule has 1 atom stereocenters. The molecule has 3 rings (SSSR count). The molecule has 3 heterocycles. The quantitative estimate of drug-likeness (QED) is 0.942. The molecule has 0 amide bonds. The number of aromatic nitrogens is 2. The second-order valence-electron chi connectivity index (χ2n) is 4.25. The van der Waals surface area contributed by atoms with Crippen LogP contribution in [0.25, 0.3) is 0 Å². The van der Waals surface area contributed by atoms with Gasteiger partial charge in [0.05, 0.1) is 0 Å². The second kappa shape index (κ2) is 5.16. The van der Waals surface area contributed by atoms with Crippen LogP contribution in [0.4, 0.5) is 0 Å². The lowest BCUT2D eigenvalue weighted by Gasteiger charge is -2.32. The minimum absolute atomic E-state index is 0.418. The number of rotatable bonds is 3. The van der Waals surface area contributed by atoms with E-state index in [0.29, 0.717) is 23.1 Å². The van der Waals surface area contributed by atoms with Gasteiger partial charge in [-0.2, -0.15) is 0 Å². The third-order valence-corrected chi connectivity index (χ3v) is 5.14. The average molecular weight is 316 g/mol. The molecule has 1 unspecified atom stereocenters. The topological polar surface area (TPSA) is 66.3 Å². The Morgan fingerprint density at radius 2 is 2.47 bits per heavy atom. The van der Waals surface area contributed by atoms with E-state index in [1.165, 1.54) is 0 Å². The average Bonchev–Trinajstić information content (AvgIpc) is 2.98. The van der Waals surface area contributed by atoms with Crippen molar-refractivity contribution in [1.29, 1.82) is 0 Å². The maximum absolute atomic E-state index is 11.5. The van der Waals surface area contributed by atoms with Crippen molar-refractivity contribution in [3.63, 3.8) is 0 Å². The summed E-state index contributed by atoms with van der Waals surface area (Å²) in [6.07, 6.45) is 0.867. The first kappa shape index (κ1) is 13.0. The Labute approximate surface area is 122 Å². The monoisotopic (exact) mass is 315 g/mol. The number of thiophene rings is 1. The number of hydrogen-bond donors (Lipinski definition) is 1. The highest BCUT2D eigenvalue weighted by molar-refractivity contribution is 7.10. The summed E-state index contributed by atoms with van der Waals surface area (Å²) < 4.78 is 4.31. The van der Waals surface area contributed by atoms with Crippen LogP contribution in [0.3, 0.4) is 0 Å². The molecule has 1 aliphatic heterocycles. The molecule has 8 heteroatoms. The largest absolute Gasteiger partial charge is 0.480 e. The van der Waals surface area contributed by atoms with E-state index in [2.05, 4.69) is 9.59 Å². The molecule has 0 saturated carbocycles. The van der Waals surface area contributed by atoms with Crippen LogP contribution in [0.1, 0.15) is 22.2 Å². The second-order valence-corrected chi connectivity index (χ2v) is 6.61. The van der Waals surface area contributed by atoms with Gasteiger partial charge in [0.25, 0.3) is 0 Å². The number of halogens is 1. The van der Waals surface area contributed by atoms with Gasteiger partial charge in [-0.25, -0.2) is 0 Å². The van der Waals surface area contributed by atoms with Gasteiger partial charge in [0.1, 0.15) is 16.1 Å². The molecule has 5 nitrogen and oxygen atoms in total. The van der Waals surface area contributed by atoms with Gasteiger partial charge in [-0.15, -0.1) is 16.4 Å². The number of hydrogen-bond acceptors (Lipinski definition) is 6. The molecule has 1 N–H and O–H groups in total. The van der Waals surface area contributed by atoms with Crippen molar-refractivity contribution in [2.45, 2.75) is 19.0 Å². The van der Waals surface area contributed by atoms with Gasteiger partial charge in [-0.3, -0.25) is 9.69 Å². The molecule has 2 aromatic rings. The Kier molecular flexibility index (Phi) is 3.53. The van der Waals surface area contributed by atoms with Crippen molar-refractivity contribution < 1.29 is 9.90 Å². The zero-order valence-corrected chi connectivity index (χ0v) is 12.1. The summed E-state index contributed by atoms with van der Waals surface area (Å²) in [5.41, 5.74) is 1.54. The molecular weight excluding hydrogens is 306 g/mol. The number of carbonyl (C=O) groups is 1. The predicted molar refractivity (Wildman–Crippen MR) is 73.7 cm³/mol. The van der Waals surface area contributed by atoms with E-state index in [1.54, 1.807) is 11.3 Å². The van der Waals surface area contributed by atoms with Gasteiger partial charge < -0.3 is 5.11 Å². The highest BCUT2D eigenvalue weighted by atomic mass is 35.5. The molecule has 0 spiro atoms. The Hall–Kier alpha value is -1.02. The fourth-order valence-electron chi connectivity index (χ4n) is 2.31. The first-order valence-corrected chi connectivity index (χ1v) is 7.69. The van der Waals surface area contributed by atoms with Crippen LogP contribution in [-0.2, 0) is 17.8 Å². The SMILES string of the molecule is O=C(O)C1c2ccsc2CCN1Cc1nnsc1Cl. The van der Waals surface area contributed by atoms with Gasteiger partial charge in [0.15, 0.2) is 0 Å². The van der Waals surface area contributed by atoms with E-state index in [4.69, 9.17) is 11.6 Å². The van der Waals surface area contributed by atoms with E-state index in [-0.39, 0.29) is 0 Å². The summed E-state index contributed by atoms with van der Waals surface area (Å²) >= 11 is 8.73. The molecule has 0 radical (unpaired) electrons. The summed E-state index contributed by atoms with van der Waals surface area (Å²) in [6.45, 7) is 1.11. The van der Waals surface area contributed by atoms with Crippen LogP contribution < -0.4 is 0 Å². The van der Waals surface area contributed by atoms with E-state index in [1.807, 2.05) is 16.3 Å². The van der Waals surface area contributed by atoms with Crippen molar-refractivity contribution in [3.05, 3.63) is 31.9 Å². The Morgan fingerprint density at radius 3 is 3.16 bits per heavy atom. The van der Waals surface area contributed by atoms with E-state index < -0.39 is 12.0 Å². The molecular formula is C11H10ClN3O2S2. The number of carboxylic acid groups (broad SMARTS) is 1. The summed E-state index contributed by atoms with van der Waals surface area (Å²) in [7, 11) is 0. The maximum Gasteiger partial charge on any atom is 0.325 e. The summed E-state index contributed by atoms with van der Waals surface area (Å²) in [6, 6.07) is 1.28. The molecule has 19 heavy (non-hydrogen) atoms. The van der Waals surface area contributed by atoms with Gasteiger partial charge in [0.2, 0.25) is 0 Å². The fourth-order valence-corrected chi connectivity index (χ4v) is 3.83. The number of nitrogens with zero attached hydrogens (tertiary/aromatic N) is 3. The summed E-state index contributed by atoms with van der Waals surface area (Å²) in [4.78, 5) is 14.6. The van der Waals surface area contributed by atoms with Crippen molar-refractivity contribution in [2.24, 2.45) is 0 Å². The zero-order valence-electron chi connectivity index (χ0n) is 9.74. The van der Waals surface area contributed by atoms with Gasteiger partial charge in [-0.1, -0.05) is 16.1 Å². The highest BCUT2D eigenvalue weighted by Gasteiger charge is 2.34. The number of aliphatic carboxylic acids is 1. The lowest BCUT2D eigenvalue weighted by molar-refractivity contribution is -0.144. The van der Waals surface area contributed by atoms with Crippen LogP contribution in [-0.4, -0.2) is 32.1 Å². The van der Waals surface area contributed by atoms with Gasteiger partial charge >= 0.3 is 5.97 Å². The van der Waals surface area contributed by atoms with Gasteiger partial charge in [0, 0.05) is 29.5 Å². The van der Waals surface area contributed by atoms with Crippen LogP contribution in [0.15, 0.2) is 11.4 Å². The molecule has 100 valence electrons.